The first-order chi connectivity index (χ1) is 9.52. The van der Waals surface area contributed by atoms with Crippen LogP contribution in [-0.2, 0) is 6.42 Å². The van der Waals surface area contributed by atoms with Crippen LogP contribution in [0.15, 0.2) is 22.7 Å². The third kappa shape index (κ3) is 3.35. The number of likely N-dealkylation sites (tertiary alicyclic amines) is 1. The van der Waals surface area contributed by atoms with Crippen molar-refractivity contribution in [3.63, 3.8) is 0 Å². The van der Waals surface area contributed by atoms with Crippen molar-refractivity contribution in [1.29, 1.82) is 0 Å². The highest BCUT2D eigenvalue weighted by Crippen LogP contribution is 2.32. The molecule has 0 radical (unpaired) electrons. The Bertz CT molecular complexity index is 489. The molecule has 2 atom stereocenters. The molecule has 0 spiro atoms. The summed E-state index contributed by atoms with van der Waals surface area (Å²) in [5, 5.41) is 10.1. The van der Waals surface area contributed by atoms with Crippen molar-refractivity contribution in [2.75, 3.05) is 19.6 Å². The Labute approximate surface area is 129 Å². The first kappa shape index (κ1) is 14.4. The van der Waals surface area contributed by atoms with Crippen LogP contribution in [0.5, 0.6) is 5.75 Å². The maximum atomic E-state index is 10.1. The third-order valence-electron chi connectivity index (χ3n) is 4.38. The lowest BCUT2D eigenvalue weighted by Gasteiger charge is -2.24. The molecular weight excluding hydrogens is 318 g/mol. The molecule has 0 saturated carbocycles. The molecule has 110 valence electrons. The number of ether oxygens (including phenoxy) is 1. The normalized spacial score (nSPS) is 30.6. The predicted octanol–water partition coefficient (Wildman–Crippen LogP) is 2.99. The second-order valence-electron chi connectivity index (χ2n) is 6.35. The van der Waals surface area contributed by atoms with Crippen molar-refractivity contribution in [2.45, 2.75) is 44.3 Å². The molecular formula is C16H22BrNO2. The average molecular weight is 340 g/mol. The van der Waals surface area contributed by atoms with Crippen LogP contribution in [0.4, 0.5) is 0 Å². The predicted molar refractivity (Wildman–Crippen MR) is 83.2 cm³/mol. The molecule has 1 fully saturated rings. The van der Waals surface area contributed by atoms with Gasteiger partial charge in [-0.2, -0.15) is 0 Å². The maximum Gasteiger partial charge on any atom is 0.123 e. The lowest BCUT2D eigenvalue weighted by atomic mass is 9.98. The van der Waals surface area contributed by atoms with E-state index in [0.29, 0.717) is 0 Å². The lowest BCUT2D eigenvalue weighted by molar-refractivity contribution is 0.0432. The molecule has 4 heteroatoms. The van der Waals surface area contributed by atoms with Gasteiger partial charge in [-0.1, -0.05) is 15.9 Å². The Hall–Kier alpha value is -0.580. The first-order valence-electron chi connectivity index (χ1n) is 7.42. The Morgan fingerprint density at radius 1 is 1.40 bits per heavy atom. The first-order valence-corrected chi connectivity index (χ1v) is 8.21. The molecule has 0 bridgehead atoms. The summed E-state index contributed by atoms with van der Waals surface area (Å²) in [6.45, 7) is 4.95. The highest BCUT2D eigenvalue weighted by molar-refractivity contribution is 9.10. The summed E-state index contributed by atoms with van der Waals surface area (Å²) in [5.41, 5.74) is 0.810. The number of aliphatic hydroxyl groups is 1. The quantitative estimate of drug-likeness (QED) is 0.898. The highest BCUT2D eigenvalue weighted by Gasteiger charge is 2.29. The van der Waals surface area contributed by atoms with Crippen molar-refractivity contribution in [1.82, 2.24) is 4.90 Å². The fraction of sp³-hybridized carbons (Fsp3) is 0.625. The van der Waals surface area contributed by atoms with Gasteiger partial charge in [0.2, 0.25) is 0 Å². The second-order valence-corrected chi connectivity index (χ2v) is 7.26. The van der Waals surface area contributed by atoms with Gasteiger partial charge in [0.05, 0.1) is 5.60 Å². The number of rotatable bonds is 2. The van der Waals surface area contributed by atoms with Gasteiger partial charge in [-0.3, -0.25) is 4.90 Å². The van der Waals surface area contributed by atoms with E-state index in [-0.39, 0.29) is 6.10 Å². The fourth-order valence-corrected chi connectivity index (χ4v) is 3.59. The Morgan fingerprint density at radius 2 is 2.25 bits per heavy atom. The van der Waals surface area contributed by atoms with Crippen LogP contribution >= 0.6 is 15.9 Å². The summed E-state index contributed by atoms with van der Waals surface area (Å²) in [4.78, 5) is 2.44. The molecule has 1 aromatic carbocycles. The van der Waals surface area contributed by atoms with E-state index in [9.17, 15) is 5.11 Å². The van der Waals surface area contributed by atoms with Gasteiger partial charge in [-0.05, 0) is 56.5 Å². The van der Waals surface area contributed by atoms with Crippen molar-refractivity contribution in [3.8, 4) is 5.75 Å². The summed E-state index contributed by atoms with van der Waals surface area (Å²) in [7, 11) is 0. The van der Waals surface area contributed by atoms with Crippen LogP contribution < -0.4 is 4.74 Å². The SMILES string of the molecule is CC1(O)CCCN(CC2Cc3cc(Br)ccc3O2)CC1. The smallest absolute Gasteiger partial charge is 0.123 e. The molecule has 2 aliphatic heterocycles. The monoisotopic (exact) mass is 339 g/mol. The molecule has 1 N–H and O–H groups in total. The average Bonchev–Trinajstić information content (AvgIpc) is 2.68. The van der Waals surface area contributed by atoms with Gasteiger partial charge in [0.25, 0.3) is 0 Å². The van der Waals surface area contributed by atoms with Gasteiger partial charge in [-0.25, -0.2) is 0 Å². The van der Waals surface area contributed by atoms with Crippen LogP contribution in [0, 0.1) is 0 Å². The third-order valence-corrected chi connectivity index (χ3v) is 4.88. The van der Waals surface area contributed by atoms with Gasteiger partial charge in [0, 0.05) is 24.0 Å². The van der Waals surface area contributed by atoms with Gasteiger partial charge in [0.1, 0.15) is 11.9 Å². The lowest BCUT2D eigenvalue weighted by Crippen LogP contribution is -2.36. The minimum atomic E-state index is -0.487. The van der Waals surface area contributed by atoms with Crippen molar-refractivity contribution < 1.29 is 9.84 Å². The van der Waals surface area contributed by atoms with Gasteiger partial charge in [0.15, 0.2) is 0 Å². The maximum absolute atomic E-state index is 10.1. The summed E-state index contributed by atoms with van der Waals surface area (Å²) in [5.74, 6) is 1.03. The van der Waals surface area contributed by atoms with Gasteiger partial charge in [-0.15, -0.1) is 0 Å². The molecule has 2 aliphatic rings. The van der Waals surface area contributed by atoms with E-state index in [4.69, 9.17) is 4.74 Å². The zero-order valence-corrected chi connectivity index (χ0v) is 13.5. The Morgan fingerprint density at radius 3 is 3.10 bits per heavy atom. The van der Waals surface area contributed by atoms with E-state index in [1.807, 2.05) is 19.1 Å². The Balaban J connectivity index is 1.58. The minimum absolute atomic E-state index is 0.252. The second kappa shape index (κ2) is 5.66. The van der Waals surface area contributed by atoms with Crippen LogP contribution in [0.3, 0.4) is 0 Å². The highest BCUT2D eigenvalue weighted by atomic mass is 79.9. The molecule has 2 heterocycles. The molecule has 0 aromatic heterocycles. The summed E-state index contributed by atoms with van der Waals surface area (Å²) in [6, 6.07) is 6.24. The zero-order valence-electron chi connectivity index (χ0n) is 11.9. The summed E-state index contributed by atoms with van der Waals surface area (Å²) >= 11 is 3.51. The largest absolute Gasteiger partial charge is 0.488 e. The van der Waals surface area contributed by atoms with Crippen LogP contribution in [-0.4, -0.2) is 41.3 Å². The van der Waals surface area contributed by atoms with Crippen molar-refractivity contribution >= 4 is 15.9 Å². The van der Waals surface area contributed by atoms with E-state index in [0.717, 1.165) is 55.5 Å². The van der Waals surface area contributed by atoms with Crippen LogP contribution in [0.1, 0.15) is 31.7 Å². The Kier molecular flexibility index (Phi) is 4.07. The van der Waals surface area contributed by atoms with Crippen molar-refractivity contribution in [3.05, 3.63) is 28.2 Å². The molecule has 1 saturated heterocycles. The fourth-order valence-electron chi connectivity index (χ4n) is 3.18. The van der Waals surface area contributed by atoms with Crippen LogP contribution in [0.25, 0.3) is 0 Å². The van der Waals surface area contributed by atoms with E-state index >= 15 is 0 Å². The number of hydrogen-bond donors (Lipinski definition) is 1. The number of benzene rings is 1. The van der Waals surface area contributed by atoms with E-state index in [1.165, 1.54) is 5.56 Å². The van der Waals surface area contributed by atoms with E-state index in [1.54, 1.807) is 0 Å². The van der Waals surface area contributed by atoms with Crippen molar-refractivity contribution in [2.24, 2.45) is 0 Å². The number of hydrogen-bond acceptors (Lipinski definition) is 3. The minimum Gasteiger partial charge on any atom is -0.488 e. The number of nitrogens with zero attached hydrogens (tertiary/aromatic N) is 1. The van der Waals surface area contributed by atoms with Gasteiger partial charge >= 0.3 is 0 Å². The molecule has 3 rings (SSSR count). The standard InChI is InChI=1S/C16H22BrNO2/c1-16(19)5-2-7-18(8-6-16)11-14-10-12-9-13(17)3-4-15(12)20-14/h3-4,9,14,19H,2,5-8,10-11H2,1H3. The van der Waals surface area contributed by atoms with Gasteiger partial charge < -0.3 is 9.84 Å². The molecule has 20 heavy (non-hydrogen) atoms. The van der Waals surface area contributed by atoms with Crippen LogP contribution in [0.2, 0.25) is 0 Å². The number of halogens is 1. The molecule has 2 unspecified atom stereocenters. The molecule has 1 aromatic rings. The molecule has 3 nitrogen and oxygen atoms in total. The number of fused-ring (bicyclic) bond motifs is 1. The molecule has 0 aliphatic carbocycles. The van der Waals surface area contributed by atoms with E-state index < -0.39 is 5.60 Å². The topological polar surface area (TPSA) is 32.7 Å². The molecule has 0 amide bonds. The zero-order chi connectivity index (χ0) is 14.2. The summed E-state index contributed by atoms with van der Waals surface area (Å²) < 4.78 is 7.15. The summed E-state index contributed by atoms with van der Waals surface area (Å²) in [6.07, 6.45) is 4.07. The van der Waals surface area contributed by atoms with E-state index in [2.05, 4.69) is 26.9 Å².